The van der Waals surface area contributed by atoms with Crippen LogP contribution in [0.5, 0.6) is 0 Å². The Morgan fingerprint density at radius 2 is 1.89 bits per heavy atom. The van der Waals surface area contributed by atoms with E-state index < -0.39 is 6.04 Å². The minimum atomic E-state index is -0.399. The molecule has 1 N–H and O–H groups in total. The Kier molecular flexibility index (Phi) is 3.63. The van der Waals surface area contributed by atoms with Crippen molar-refractivity contribution in [2.24, 2.45) is 11.3 Å². The SMILES string of the molecule is CCC(C)N1C(=O)C(C(C)(C)C)NC(=O)C1C1CC1. The standard InChI is InChI=1S/C15H26N2O2/c1-6-9(2)17-11(10-7-8-10)13(18)16-12(14(17)19)15(3,4)5/h9-12H,6-8H2,1-5H3,(H,16,18). The van der Waals surface area contributed by atoms with Gasteiger partial charge in [0.25, 0.3) is 0 Å². The number of piperazine rings is 1. The molecule has 0 aromatic heterocycles. The Morgan fingerprint density at radius 1 is 1.32 bits per heavy atom. The van der Waals surface area contributed by atoms with Crippen molar-refractivity contribution in [1.29, 1.82) is 0 Å². The van der Waals surface area contributed by atoms with E-state index in [9.17, 15) is 9.59 Å². The first-order valence-corrected chi connectivity index (χ1v) is 7.40. The number of hydrogen-bond acceptors (Lipinski definition) is 2. The van der Waals surface area contributed by atoms with Crippen LogP contribution >= 0.6 is 0 Å². The summed E-state index contributed by atoms with van der Waals surface area (Å²) in [5.74, 6) is 0.513. The largest absolute Gasteiger partial charge is 0.342 e. The fourth-order valence-corrected chi connectivity index (χ4v) is 2.83. The zero-order valence-corrected chi connectivity index (χ0v) is 12.7. The second-order valence-corrected chi connectivity index (χ2v) is 7.09. The summed E-state index contributed by atoms with van der Waals surface area (Å²) >= 11 is 0. The second-order valence-electron chi connectivity index (χ2n) is 7.09. The van der Waals surface area contributed by atoms with E-state index in [1.54, 1.807) is 0 Å². The van der Waals surface area contributed by atoms with Crippen molar-refractivity contribution in [2.45, 2.75) is 72.0 Å². The van der Waals surface area contributed by atoms with Crippen LogP contribution in [0.1, 0.15) is 53.9 Å². The highest BCUT2D eigenvalue weighted by molar-refractivity contribution is 5.98. The van der Waals surface area contributed by atoms with E-state index >= 15 is 0 Å². The maximum atomic E-state index is 12.8. The highest BCUT2D eigenvalue weighted by Gasteiger charge is 2.51. The quantitative estimate of drug-likeness (QED) is 0.848. The zero-order chi connectivity index (χ0) is 14.4. The molecule has 1 saturated carbocycles. The normalized spacial score (nSPS) is 30.3. The third-order valence-electron chi connectivity index (χ3n) is 4.36. The molecule has 1 aliphatic carbocycles. The predicted octanol–water partition coefficient (Wildman–Crippen LogP) is 1.94. The summed E-state index contributed by atoms with van der Waals surface area (Å²) in [4.78, 5) is 27.0. The van der Waals surface area contributed by atoms with E-state index in [0.717, 1.165) is 19.3 Å². The molecule has 3 atom stereocenters. The Bertz CT molecular complexity index is 382. The summed E-state index contributed by atoms with van der Waals surface area (Å²) in [6.45, 7) is 10.1. The summed E-state index contributed by atoms with van der Waals surface area (Å²) in [5.41, 5.74) is -0.243. The van der Waals surface area contributed by atoms with Gasteiger partial charge in [0.1, 0.15) is 12.1 Å². The molecule has 3 unspecified atom stereocenters. The molecule has 0 aromatic rings. The number of nitrogens with zero attached hydrogens (tertiary/aromatic N) is 1. The zero-order valence-electron chi connectivity index (χ0n) is 12.7. The van der Waals surface area contributed by atoms with Crippen LogP contribution in [0.3, 0.4) is 0 Å². The van der Waals surface area contributed by atoms with Gasteiger partial charge in [-0.25, -0.2) is 0 Å². The van der Waals surface area contributed by atoms with Gasteiger partial charge in [0, 0.05) is 6.04 Å². The molecule has 0 bridgehead atoms. The van der Waals surface area contributed by atoms with E-state index in [1.807, 2.05) is 32.6 Å². The number of carbonyl (C=O) groups excluding carboxylic acids is 2. The van der Waals surface area contributed by atoms with Crippen molar-refractivity contribution >= 4 is 11.8 Å². The van der Waals surface area contributed by atoms with Crippen molar-refractivity contribution < 1.29 is 9.59 Å². The van der Waals surface area contributed by atoms with Crippen molar-refractivity contribution in [3.8, 4) is 0 Å². The third kappa shape index (κ3) is 2.63. The molecule has 1 aliphatic heterocycles. The van der Waals surface area contributed by atoms with E-state index in [4.69, 9.17) is 0 Å². The summed E-state index contributed by atoms with van der Waals surface area (Å²) < 4.78 is 0. The predicted molar refractivity (Wildman–Crippen MR) is 74.5 cm³/mol. The van der Waals surface area contributed by atoms with Crippen LogP contribution < -0.4 is 5.32 Å². The Morgan fingerprint density at radius 3 is 2.32 bits per heavy atom. The molecular weight excluding hydrogens is 240 g/mol. The van der Waals surface area contributed by atoms with Crippen LogP contribution in [0.25, 0.3) is 0 Å². The summed E-state index contributed by atoms with van der Waals surface area (Å²) in [6.07, 6.45) is 3.02. The number of hydrogen-bond donors (Lipinski definition) is 1. The summed E-state index contributed by atoms with van der Waals surface area (Å²) in [7, 11) is 0. The van der Waals surface area contributed by atoms with E-state index in [-0.39, 0.29) is 29.3 Å². The average Bonchev–Trinajstić information content (AvgIpc) is 3.12. The average molecular weight is 266 g/mol. The first-order valence-electron chi connectivity index (χ1n) is 7.40. The van der Waals surface area contributed by atoms with Gasteiger partial charge >= 0.3 is 0 Å². The van der Waals surface area contributed by atoms with Gasteiger partial charge in [0.15, 0.2) is 0 Å². The molecule has 1 saturated heterocycles. The van der Waals surface area contributed by atoms with E-state index in [1.165, 1.54) is 0 Å². The van der Waals surface area contributed by atoms with Gasteiger partial charge < -0.3 is 10.2 Å². The van der Waals surface area contributed by atoms with Crippen molar-refractivity contribution in [3.63, 3.8) is 0 Å². The Hall–Kier alpha value is -1.06. The lowest BCUT2D eigenvalue weighted by atomic mass is 9.83. The third-order valence-corrected chi connectivity index (χ3v) is 4.36. The Balaban J connectivity index is 2.30. The van der Waals surface area contributed by atoms with E-state index in [2.05, 4.69) is 12.2 Å². The lowest BCUT2D eigenvalue weighted by molar-refractivity contribution is -0.156. The minimum Gasteiger partial charge on any atom is -0.342 e. The highest BCUT2D eigenvalue weighted by Crippen LogP contribution is 2.39. The molecule has 0 spiro atoms. The van der Waals surface area contributed by atoms with Crippen LogP contribution in [0.4, 0.5) is 0 Å². The fraction of sp³-hybridized carbons (Fsp3) is 0.867. The monoisotopic (exact) mass is 266 g/mol. The first-order chi connectivity index (χ1) is 8.77. The minimum absolute atomic E-state index is 0.0438. The van der Waals surface area contributed by atoms with Gasteiger partial charge in [-0.2, -0.15) is 0 Å². The molecule has 0 radical (unpaired) electrons. The van der Waals surface area contributed by atoms with Crippen LogP contribution in [-0.2, 0) is 9.59 Å². The van der Waals surface area contributed by atoms with E-state index in [0.29, 0.717) is 5.92 Å². The maximum absolute atomic E-state index is 12.8. The molecular formula is C15H26N2O2. The number of amides is 2. The maximum Gasteiger partial charge on any atom is 0.246 e. The van der Waals surface area contributed by atoms with Crippen LogP contribution in [0.15, 0.2) is 0 Å². The molecule has 4 nitrogen and oxygen atoms in total. The number of rotatable bonds is 3. The molecule has 19 heavy (non-hydrogen) atoms. The van der Waals surface area contributed by atoms with Gasteiger partial charge in [0.2, 0.25) is 11.8 Å². The second kappa shape index (κ2) is 4.80. The van der Waals surface area contributed by atoms with Crippen LogP contribution in [0.2, 0.25) is 0 Å². The van der Waals surface area contributed by atoms with Gasteiger partial charge in [-0.05, 0) is 37.5 Å². The molecule has 0 aromatic carbocycles. The first kappa shape index (κ1) is 14.4. The lowest BCUT2D eigenvalue weighted by Crippen LogP contribution is -2.68. The number of carbonyl (C=O) groups is 2. The van der Waals surface area contributed by atoms with Crippen molar-refractivity contribution in [2.75, 3.05) is 0 Å². The molecule has 2 rings (SSSR count). The molecule has 4 heteroatoms. The van der Waals surface area contributed by atoms with Gasteiger partial charge in [0.05, 0.1) is 0 Å². The van der Waals surface area contributed by atoms with Crippen molar-refractivity contribution in [1.82, 2.24) is 10.2 Å². The van der Waals surface area contributed by atoms with Gasteiger partial charge in [-0.15, -0.1) is 0 Å². The topological polar surface area (TPSA) is 49.4 Å². The highest BCUT2D eigenvalue weighted by atomic mass is 16.2. The molecule has 2 aliphatic rings. The van der Waals surface area contributed by atoms with Gasteiger partial charge in [-0.1, -0.05) is 27.7 Å². The Labute approximate surface area is 115 Å². The molecule has 2 fully saturated rings. The van der Waals surface area contributed by atoms with Gasteiger partial charge in [-0.3, -0.25) is 9.59 Å². The number of nitrogens with one attached hydrogen (secondary N) is 1. The van der Waals surface area contributed by atoms with Crippen LogP contribution in [0, 0.1) is 11.3 Å². The molecule has 2 amide bonds. The smallest absolute Gasteiger partial charge is 0.246 e. The molecule has 108 valence electrons. The summed E-state index contributed by atoms with van der Waals surface area (Å²) in [6, 6.07) is -0.501. The summed E-state index contributed by atoms with van der Waals surface area (Å²) in [5, 5.41) is 2.96. The van der Waals surface area contributed by atoms with Crippen molar-refractivity contribution in [3.05, 3.63) is 0 Å². The lowest BCUT2D eigenvalue weighted by Gasteiger charge is -2.46. The fourth-order valence-electron chi connectivity index (χ4n) is 2.83. The van der Waals surface area contributed by atoms with Crippen LogP contribution in [-0.4, -0.2) is 34.8 Å². The molecule has 1 heterocycles.